The Labute approximate surface area is 110 Å². The van der Waals surface area contributed by atoms with Gasteiger partial charge in [-0.05, 0) is 48.6 Å². The molecule has 2 saturated carbocycles. The Morgan fingerprint density at radius 2 is 1.50 bits per heavy atom. The fraction of sp³-hybridized carbons (Fsp3) is 0.647. The molecule has 0 saturated heterocycles. The maximum atomic E-state index is 10.2. The molecule has 1 N–H and O–H groups in total. The summed E-state index contributed by atoms with van der Waals surface area (Å²) < 4.78 is 0. The van der Waals surface area contributed by atoms with Crippen molar-refractivity contribution >= 4 is 0 Å². The molecule has 18 heavy (non-hydrogen) atoms. The van der Waals surface area contributed by atoms with Gasteiger partial charge >= 0.3 is 0 Å². The van der Waals surface area contributed by atoms with E-state index in [2.05, 4.69) is 24.3 Å². The summed E-state index contributed by atoms with van der Waals surface area (Å²) in [7, 11) is 0. The third kappa shape index (κ3) is 2.47. The van der Waals surface area contributed by atoms with Crippen LogP contribution in [-0.4, -0.2) is 5.11 Å². The minimum Gasteiger partial charge on any atom is -0.388 e. The van der Waals surface area contributed by atoms with Crippen LogP contribution in [-0.2, 0) is 0 Å². The van der Waals surface area contributed by atoms with Gasteiger partial charge in [-0.3, -0.25) is 0 Å². The SMILES string of the molecule is OC(c1ccc(C2CCCCC2)cc1)C1CCC1. The lowest BCUT2D eigenvalue weighted by atomic mass is 9.78. The molecule has 2 fully saturated rings. The molecule has 98 valence electrons. The van der Waals surface area contributed by atoms with Crippen molar-refractivity contribution in [1.82, 2.24) is 0 Å². The third-order valence-corrected chi connectivity index (χ3v) is 4.95. The summed E-state index contributed by atoms with van der Waals surface area (Å²) in [5.74, 6) is 1.29. The molecule has 1 nitrogen and oxygen atoms in total. The van der Waals surface area contributed by atoms with E-state index in [1.807, 2.05) is 0 Å². The highest BCUT2D eigenvalue weighted by Gasteiger charge is 2.26. The standard InChI is InChI=1S/C17H24O/c18-17(15-7-4-8-15)16-11-9-14(10-12-16)13-5-2-1-3-6-13/h9-13,15,17-18H,1-8H2. The van der Waals surface area contributed by atoms with E-state index in [4.69, 9.17) is 0 Å². The lowest BCUT2D eigenvalue weighted by molar-refractivity contribution is 0.0621. The van der Waals surface area contributed by atoms with E-state index in [9.17, 15) is 5.11 Å². The highest BCUT2D eigenvalue weighted by molar-refractivity contribution is 5.27. The van der Waals surface area contributed by atoms with Gasteiger partial charge in [-0.2, -0.15) is 0 Å². The normalized spacial score (nSPS) is 23.6. The van der Waals surface area contributed by atoms with Crippen LogP contribution in [0.2, 0.25) is 0 Å². The molecule has 1 unspecified atom stereocenters. The van der Waals surface area contributed by atoms with Crippen LogP contribution >= 0.6 is 0 Å². The topological polar surface area (TPSA) is 20.2 Å². The zero-order valence-corrected chi connectivity index (χ0v) is 11.1. The van der Waals surface area contributed by atoms with Crippen molar-refractivity contribution in [2.24, 2.45) is 5.92 Å². The molecule has 1 aromatic carbocycles. The first-order chi connectivity index (χ1) is 8.84. The number of hydrogen-bond acceptors (Lipinski definition) is 1. The maximum absolute atomic E-state index is 10.2. The van der Waals surface area contributed by atoms with Crippen LogP contribution in [0, 0.1) is 5.92 Å². The summed E-state index contributed by atoms with van der Waals surface area (Å²) >= 11 is 0. The Morgan fingerprint density at radius 1 is 0.833 bits per heavy atom. The molecule has 1 atom stereocenters. The summed E-state index contributed by atoms with van der Waals surface area (Å²) in [6.45, 7) is 0. The minimum absolute atomic E-state index is 0.223. The first kappa shape index (κ1) is 12.2. The van der Waals surface area contributed by atoms with Gasteiger partial charge < -0.3 is 5.11 Å². The second-order valence-corrected chi connectivity index (χ2v) is 6.14. The van der Waals surface area contributed by atoms with Gasteiger partial charge in [0, 0.05) is 0 Å². The summed E-state index contributed by atoms with van der Waals surface area (Å²) in [5.41, 5.74) is 2.61. The van der Waals surface area contributed by atoms with Gasteiger partial charge in [0.2, 0.25) is 0 Å². The van der Waals surface area contributed by atoms with Crippen LogP contribution in [0.25, 0.3) is 0 Å². The Bertz CT molecular complexity index is 350. The van der Waals surface area contributed by atoms with E-state index in [1.54, 1.807) is 0 Å². The van der Waals surface area contributed by atoms with Crippen molar-refractivity contribution in [2.45, 2.75) is 63.4 Å². The van der Waals surface area contributed by atoms with Crippen molar-refractivity contribution in [3.63, 3.8) is 0 Å². The van der Waals surface area contributed by atoms with Crippen molar-refractivity contribution in [2.75, 3.05) is 0 Å². The smallest absolute Gasteiger partial charge is 0.0818 e. The van der Waals surface area contributed by atoms with Crippen molar-refractivity contribution in [3.05, 3.63) is 35.4 Å². The van der Waals surface area contributed by atoms with Crippen molar-refractivity contribution < 1.29 is 5.11 Å². The molecule has 1 aromatic rings. The van der Waals surface area contributed by atoms with E-state index in [0.29, 0.717) is 5.92 Å². The zero-order chi connectivity index (χ0) is 12.4. The highest BCUT2D eigenvalue weighted by Crippen LogP contribution is 2.38. The van der Waals surface area contributed by atoms with E-state index in [1.165, 1.54) is 56.9 Å². The Morgan fingerprint density at radius 3 is 2.06 bits per heavy atom. The predicted octanol–water partition coefficient (Wildman–Crippen LogP) is 4.57. The van der Waals surface area contributed by atoms with E-state index < -0.39 is 0 Å². The largest absolute Gasteiger partial charge is 0.388 e. The third-order valence-electron chi connectivity index (χ3n) is 4.95. The van der Waals surface area contributed by atoms with E-state index >= 15 is 0 Å². The molecule has 2 aliphatic carbocycles. The molecule has 0 aliphatic heterocycles. The predicted molar refractivity (Wildman–Crippen MR) is 74.6 cm³/mol. The average Bonchev–Trinajstić information content (AvgIpc) is 2.38. The van der Waals surface area contributed by atoms with Crippen molar-refractivity contribution in [3.8, 4) is 0 Å². The molecular weight excluding hydrogens is 220 g/mol. The van der Waals surface area contributed by atoms with E-state index in [-0.39, 0.29) is 6.10 Å². The summed E-state index contributed by atoms with van der Waals surface area (Å²) in [4.78, 5) is 0. The molecule has 0 radical (unpaired) electrons. The molecular formula is C17H24O. The molecule has 0 heterocycles. The highest BCUT2D eigenvalue weighted by atomic mass is 16.3. The van der Waals surface area contributed by atoms with Crippen molar-refractivity contribution in [1.29, 1.82) is 0 Å². The quantitative estimate of drug-likeness (QED) is 0.826. The van der Waals surface area contributed by atoms with Gasteiger partial charge in [0.05, 0.1) is 6.10 Å². The van der Waals surface area contributed by atoms with Crippen LogP contribution in [0.15, 0.2) is 24.3 Å². The van der Waals surface area contributed by atoms with Crippen LogP contribution < -0.4 is 0 Å². The molecule has 0 aromatic heterocycles. The van der Waals surface area contributed by atoms with E-state index in [0.717, 1.165) is 11.5 Å². The average molecular weight is 244 g/mol. The number of benzene rings is 1. The molecule has 2 aliphatic rings. The summed E-state index contributed by atoms with van der Waals surface area (Å²) in [6.07, 6.45) is 10.4. The first-order valence-electron chi connectivity index (χ1n) is 7.62. The Balaban J connectivity index is 1.67. The molecule has 0 bridgehead atoms. The van der Waals surface area contributed by atoms with Crippen LogP contribution in [0.3, 0.4) is 0 Å². The molecule has 3 rings (SSSR count). The number of hydrogen-bond donors (Lipinski definition) is 1. The molecule has 1 heteroatoms. The summed E-state index contributed by atoms with van der Waals surface area (Å²) in [6, 6.07) is 8.83. The maximum Gasteiger partial charge on any atom is 0.0818 e. The molecule has 0 amide bonds. The van der Waals surface area contributed by atoms with Gasteiger partial charge in [0.15, 0.2) is 0 Å². The van der Waals surface area contributed by atoms with Crippen LogP contribution in [0.4, 0.5) is 0 Å². The first-order valence-corrected chi connectivity index (χ1v) is 7.62. The molecule has 0 spiro atoms. The lowest BCUT2D eigenvalue weighted by Crippen LogP contribution is -2.19. The Kier molecular flexibility index (Phi) is 3.69. The fourth-order valence-corrected chi connectivity index (χ4v) is 3.43. The van der Waals surface area contributed by atoms with Gasteiger partial charge in [-0.25, -0.2) is 0 Å². The van der Waals surface area contributed by atoms with Gasteiger partial charge in [0.1, 0.15) is 0 Å². The van der Waals surface area contributed by atoms with Crippen LogP contribution in [0.1, 0.15) is 74.5 Å². The van der Waals surface area contributed by atoms with Gasteiger partial charge in [0.25, 0.3) is 0 Å². The summed E-state index contributed by atoms with van der Waals surface area (Å²) in [5, 5.41) is 10.2. The second kappa shape index (κ2) is 5.44. The Hall–Kier alpha value is -0.820. The number of rotatable bonds is 3. The zero-order valence-electron chi connectivity index (χ0n) is 11.1. The van der Waals surface area contributed by atoms with Gasteiger partial charge in [-0.15, -0.1) is 0 Å². The number of aliphatic hydroxyl groups excluding tert-OH is 1. The monoisotopic (exact) mass is 244 g/mol. The van der Waals surface area contributed by atoms with Gasteiger partial charge in [-0.1, -0.05) is 49.9 Å². The fourth-order valence-electron chi connectivity index (χ4n) is 3.43. The number of aliphatic hydroxyl groups is 1. The second-order valence-electron chi connectivity index (χ2n) is 6.14. The lowest BCUT2D eigenvalue weighted by Gasteiger charge is -2.30. The minimum atomic E-state index is -0.223. The van der Waals surface area contributed by atoms with Crippen LogP contribution in [0.5, 0.6) is 0 Å².